The fourth-order valence-corrected chi connectivity index (χ4v) is 2.72. The van der Waals surface area contributed by atoms with E-state index in [2.05, 4.69) is 19.2 Å². The van der Waals surface area contributed by atoms with Gasteiger partial charge in [-0.05, 0) is 25.2 Å². The van der Waals surface area contributed by atoms with E-state index in [0.29, 0.717) is 25.3 Å². The average Bonchev–Trinajstić information content (AvgIpc) is 2.64. The zero-order valence-electron chi connectivity index (χ0n) is 12.1. The fourth-order valence-electron chi connectivity index (χ4n) is 2.72. The van der Waals surface area contributed by atoms with E-state index >= 15 is 0 Å². The van der Waals surface area contributed by atoms with Crippen LogP contribution in [0.5, 0.6) is 0 Å². The molecule has 0 aromatic heterocycles. The van der Waals surface area contributed by atoms with Crippen LogP contribution >= 0.6 is 0 Å². The van der Waals surface area contributed by atoms with E-state index in [9.17, 15) is 14.4 Å². The molecule has 5 nitrogen and oxygen atoms in total. The fraction of sp³-hybridized carbons (Fsp3) is 0.667. The highest BCUT2D eigenvalue weighted by molar-refractivity contribution is 6.07. The summed E-state index contributed by atoms with van der Waals surface area (Å²) in [6, 6.07) is 0. The Hall–Kier alpha value is -1.65. The smallest absolute Gasteiger partial charge is 0.240 e. The third-order valence-electron chi connectivity index (χ3n) is 3.94. The molecule has 20 heavy (non-hydrogen) atoms. The van der Waals surface area contributed by atoms with Gasteiger partial charge < -0.3 is 5.32 Å². The summed E-state index contributed by atoms with van der Waals surface area (Å²) in [5.74, 6) is -0.628. The molecule has 0 spiro atoms. The van der Waals surface area contributed by atoms with Crippen molar-refractivity contribution < 1.29 is 14.4 Å². The predicted molar refractivity (Wildman–Crippen MR) is 74.5 cm³/mol. The Labute approximate surface area is 119 Å². The standard InChI is InChI=1S/C15H22N2O3/c1-10(2)7-8-16-13(18)9-17-14(19)11-5-3-4-6-12(11)15(17)20/h3-4,10-12H,5-9H2,1-2H3,(H,16,18)/t11-,12-/m0/s1. The highest BCUT2D eigenvalue weighted by atomic mass is 16.2. The van der Waals surface area contributed by atoms with E-state index in [1.165, 1.54) is 0 Å². The van der Waals surface area contributed by atoms with Crippen molar-refractivity contribution in [1.82, 2.24) is 10.2 Å². The van der Waals surface area contributed by atoms with Crippen molar-refractivity contribution in [1.29, 1.82) is 0 Å². The minimum atomic E-state index is -0.254. The molecule has 0 bridgehead atoms. The SMILES string of the molecule is CC(C)CCNC(=O)CN1C(=O)[C@H]2CC=CC[C@@H]2C1=O. The molecule has 0 aromatic rings. The summed E-state index contributed by atoms with van der Waals surface area (Å²) >= 11 is 0. The number of carbonyl (C=O) groups excluding carboxylic acids is 3. The molecule has 0 unspecified atom stereocenters. The number of nitrogens with zero attached hydrogens (tertiary/aromatic N) is 1. The van der Waals surface area contributed by atoms with Crippen molar-refractivity contribution >= 4 is 17.7 Å². The van der Waals surface area contributed by atoms with Crippen LogP contribution in [0.15, 0.2) is 12.2 Å². The molecule has 2 rings (SSSR count). The molecule has 0 aromatic carbocycles. The second kappa shape index (κ2) is 6.20. The van der Waals surface area contributed by atoms with Gasteiger partial charge in [0.15, 0.2) is 0 Å². The molecule has 1 N–H and O–H groups in total. The summed E-state index contributed by atoms with van der Waals surface area (Å²) in [5, 5.41) is 2.76. The molecule has 5 heteroatoms. The second-order valence-corrected chi connectivity index (χ2v) is 5.95. The molecular formula is C15H22N2O3. The molecule has 0 saturated carbocycles. The monoisotopic (exact) mass is 278 g/mol. The van der Waals surface area contributed by atoms with Gasteiger partial charge in [0.1, 0.15) is 6.54 Å². The molecule has 1 saturated heterocycles. The Morgan fingerprint density at radius 1 is 1.25 bits per heavy atom. The lowest BCUT2D eigenvalue weighted by atomic mass is 9.85. The number of rotatable bonds is 5. The number of hydrogen-bond donors (Lipinski definition) is 1. The van der Waals surface area contributed by atoms with Crippen molar-refractivity contribution in [3.63, 3.8) is 0 Å². The van der Waals surface area contributed by atoms with Gasteiger partial charge in [0, 0.05) is 6.54 Å². The number of fused-ring (bicyclic) bond motifs is 1. The Balaban J connectivity index is 1.88. The van der Waals surface area contributed by atoms with Crippen LogP contribution in [0.1, 0.15) is 33.1 Å². The first-order chi connectivity index (χ1) is 9.50. The number of nitrogens with one attached hydrogen (secondary N) is 1. The molecular weight excluding hydrogens is 256 g/mol. The van der Waals surface area contributed by atoms with Gasteiger partial charge in [0.25, 0.3) is 0 Å². The molecule has 110 valence electrons. The molecule has 2 aliphatic rings. The molecule has 0 radical (unpaired) electrons. The zero-order valence-corrected chi connectivity index (χ0v) is 12.1. The van der Waals surface area contributed by atoms with E-state index in [4.69, 9.17) is 0 Å². The summed E-state index contributed by atoms with van der Waals surface area (Å²) in [6.45, 7) is 4.61. The van der Waals surface area contributed by atoms with E-state index < -0.39 is 0 Å². The van der Waals surface area contributed by atoms with Crippen LogP contribution in [0.4, 0.5) is 0 Å². The van der Waals surface area contributed by atoms with Crippen LogP contribution < -0.4 is 5.32 Å². The highest BCUT2D eigenvalue weighted by Gasteiger charge is 2.47. The van der Waals surface area contributed by atoms with Crippen molar-refractivity contribution in [2.24, 2.45) is 17.8 Å². The van der Waals surface area contributed by atoms with Gasteiger partial charge in [-0.15, -0.1) is 0 Å². The number of carbonyl (C=O) groups is 3. The van der Waals surface area contributed by atoms with Crippen molar-refractivity contribution in [2.75, 3.05) is 13.1 Å². The molecule has 1 heterocycles. The lowest BCUT2D eigenvalue weighted by Gasteiger charge is -2.14. The predicted octanol–water partition coefficient (Wildman–Crippen LogP) is 1.10. The van der Waals surface area contributed by atoms with Crippen LogP contribution in [-0.4, -0.2) is 35.7 Å². The largest absolute Gasteiger partial charge is 0.355 e. The third-order valence-corrected chi connectivity index (χ3v) is 3.94. The van der Waals surface area contributed by atoms with Gasteiger partial charge in [-0.1, -0.05) is 26.0 Å². The maximum absolute atomic E-state index is 12.2. The molecule has 1 fully saturated rings. The number of amides is 3. The first-order valence-electron chi connectivity index (χ1n) is 7.27. The van der Waals surface area contributed by atoms with Crippen LogP contribution in [-0.2, 0) is 14.4 Å². The molecule has 1 aliphatic carbocycles. The highest BCUT2D eigenvalue weighted by Crippen LogP contribution is 2.34. The normalized spacial score (nSPS) is 25.2. The Morgan fingerprint density at radius 3 is 2.30 bits per heavy atom. The minimum Gasteiger partial charge on any atom is -0.355 e. The quantitative estimate of drug-likeness (QED) is 0.605. The van der Waals surface area contributed by atoms with Crippen molar-refractivity contribution in [2.45, 2.75) is 33.1 Å². The van der Waals surface area contributed by atoms with E-state index in [0.717, 1.165) is 11.3 Å². The van der Waals surface area contributed by atoms with Gasteiger partial charge >= 0.3 is 0 Å². The maximum atomic E-state index is 12.2. The molecule has 3 amide bonds. The molecule has 1 aliphatic heterocycles. The van der Waals surface area contributed by atoms with E-state index in [-0.39, 0.29) is 36.1 Å². The van der Waals surface area contributed by atoms with E-state index in [1.807, 2.05) is 12.2 Å². The van der Waals surface area contributed by atoms with Crippen LogP contribution in [0.25, 0.3) is 0 Å². The summed E-state index contributed by atoms with van der Waals surface area (Å²) in [6.07, 6.45) is 6.00. The topological polar surface area (TPSA) is 66.5 Å². The van der Waals surface area contributed by atoms with Gasteiger partial charge in [0.2, 0.25) is 17.7 Å². The summed E-state index contributed by atoms with van der Waals surface area (Å²) < 4.78 is 0. The first-order valence-corrected chi connectivity index (χ1v) is 7.27. The average molecular weight is 278 g/mol. The van der Waals surface area contributed by atoms with Gasteiger partial charge in [0.05, 0.1) is 11.8 Å². The minimum absolute atomic E-state index is 0.136. The van der Waals surface area contributed by atoms with Crippen LogP contribution in [0, 0.1) is 17.8 Å². The lowest BCUT2D eigenvalue weighted by Crippen LogP contribution is -2.41. The Kier molecular flexibility index (Phi) is 4.57. The van der Waals surface area contributed by atoms with Gasteiger partial charge in [-0.25, -0.2) is 0 Å². The number of imide groups is 1. The maximum Gasteiger partial charge on any atom is 0.240 e. The molecule has 2 atom stereocenters. The summed E-state index contributed by atoms with van der Waals surface area (Å²) in [5.41, 5.74) is 0. The zero-order chi connectivity index (χ0) is 14.7. The third kappa shape index (κ3) is 3.08. The van der Waals surface area contributed by atoms with E-state index in [1.54, 1.807) is 0 Å². The van der Waals surface area contributed by atoms with Crippen molar-refractivity contribution in [3.05, 3.63) is 12.2 Å². The van der Waals surface area contributed by atoms with Crippen LogP contribution in [0.3, 0.4) is 0 Å². The number of hydrogen-bond acceptors (Lipinski definition) is 3. The number of likely N-dealkylation sites (tertiary alicyclic amines) is 1. The summed E-state index contributed by atoms with van der Waals surface area (Å²) in [4.78, 5) is 37.3. The van der Waals surface area contributed by atoms with Crippen LogP contribution in [0.2, 0.25) is 0 Å². The van der Waals surface area contributed by atoms with Gasteiger partial charge in [-0.3, -0.25) is 19.3 Å². The number of allylic oxidation sites excluding steroid dienone is 2. The second-order valence-electron chi connectivity index (χ2n) is 5.95. The van der Waals surface area contributed by atoms with Gasteiger partial charge in [-0.2, -0.15) is 0 Å². The summed E-state index contributed by atoms with van der Waals surface area (Å²) in [7, 11) is 0. The first kappa shape index (κ1) is 14.8. The van der Waals surface area contributed by atoms with Crippen molar-refractivity contribution in [3.8, 4) is 0 Å². The Bertz CT molecular complexity index is 416. The Morgan fingerprint density at radius 2 is 1.80 bits per heavy atom. The lowest BCUT2D eigenvalue weighted by molar-refractivity contribution is -0.143.